The van der Waals surface area contributed by atoms with E-state index in [4.69, 9.17) is 0 Å². The van der Waals surface area contributed by atoms with Crippen LogP contribution in [0, 0.1) is 0 Å². The van der Waals surface area contributed by atoms with Crippen LogP contribution in [0.4, 0.5) is 0 Å². The topological polar surface area (TPSA) is 99.9 Å². The van der Waals surface area contributed by atoms with Crippen LogP contribution in [0.5, 0.6) is 0 Å². The van der Waals surface area contributed by atoms with Crippen molar-refractivity contribution in [3.63, 3.8) is 0 Å². The summed E-state index contributed by atoms with van der Waals surface area (Å²) in [6.45, 7) is 0.526. The lowest BCUT2D eigenvalue weighted by Gasteiger charge is -2.21. The van der Waals surface area contributed by atoms with Gasteiger partial charge in [-0.2, -0.15) is 9.90 Å². The number of rotatable bonds is 3. The second kappa shape index (κ2) is 6.00. The molecule has 0 radical (unpaired) electrons. The third kappa shape index (κ3) is 2.42. The maximum Gasteiger partial charge on any atom is 0.258 e. The van der Waals surface area contributed by atoms with Gasteiger partial charge in [0.15, 0.2) is 5.60 Å². The number of likely N-dealkylation sites (tertiary alicyclic amines) is 1. The van der Waals surface area contributed by atoms with Gasteiger partial charge in [0.25, 0.3) is 5.91 Å². The minimum Gasteiger partial charge on any atom is -0.375 e. The van der Waals surface area contributed by atoms with Crippen LogP contribution in [-0.2, 0) is 10.4 Å². The van der Waals surface area contributed by atoms with E-state index in [2.05, 4.69) is 20.2 Å². The SMILES string of the molecule is CN1CCC(O)(c2cccc(-n3ncc(-c4c[nH]c5ncccc45)n3)c2)C1=O. The molecular weight excluding hydrogens is 356 g/mol. The number of benzene rings is 1. The van der Waals surface area contributed by atoms with Crippen molar-refractivity contribution in [1.29, 1.82) is 0 Å². The number of carbonyl (C=O) groups excluding carboxylic acids is 1. The Morgan fingerprint density at radius 1 is 1.25 bits per heavy atom. The van der Waals surface area contributed by atoms with E-state index in [0.717, 1.165) is 16.6 Å². The molecule has 8 nitrogen and oxygen atoms in total. The molecule has 0 bridgehead atoms. The number of nitrogens with zero attached hydrogens (tertiary/aromatic N) is 5. The summed E-state index contributed by atoms with van der Waals surface area (Å²) in [5.41, 5.74) is 2.15. The van der Waals surface area contributed by atoms with Crippen molar-refractivity contribution in [2.75, 3.05) is 13.6 Å². The molecule has 28 heavy (non-hydrogen) atoms. The monoisotopic (exact) mass is 374 g/mol. The van der Waals surface area contributed by atoms with Crippen LogP contribution in [0.25, 0.3) is 28.0 Å². The lowest BCUT2D eigenvalue weighted by atomic mass is 9.92. The second-order valence-corrected chi connectivity index (χ2v) is 7.01. The fraction of sp³-hybridized carbons (Fsp3) is 0.200. The lowest BCUT2D eigenvalue weighted by Crippen LogP contribution is -2.36. The van der Waals surface area contributed by atoms with Gasteiger partial charge in [0, 0.05) is 43.4 Å². The molecule has 140 valence electrons. The first kappa shape index (κ1) is 16.6. The number of pyridine rings is 1. The van der Waals surface area contributed by atoms with Crippen LogP contribution in [0.3, 0.4) is 0 Å². The van der Waals surface area contributed by atoms with E-state index in [1.54, 1.807) is 42.5 Å². The van der Waals surface area contributed by atoms with Gasteiger partial charge >= 0.3 is 0 Å². The van der Waals surface area contributed by atoms with Crippen molar-refractivity contribution in [2.24, 2.45) is 0 Å². The van der Waals surface area contributed by atoms with E-state index in [9.17, 15) is 9.90 Å². The van der Waals surface area contributed by atoms with Crippen LogP contribution >= 0.6 is 0 Å². The number of aromatic amines is 1. The third-order valence-corrected chi connectivity index (χ3v) is 5.28. The van der Waals surface area contributed by atoms with Gasteiger partial charge in [0.2, 0.25) is 0 Å². The van der Waals surface area contributed by atoms with Gasteiger partial charge in [0.1, 0.15) is 11.3 Å². The van der Waals surface area contributed by atoms with E-state index in [1.807, 2.05) is 24.4 Å². The van der Waals surface area contributed by atoms with Crippen molar-refractivity contribution in [2.45, 2.75) is 12.0 Å². The average molecular weight is 374 g/mol. The van der Waals surface area contributed by atoms with Crippen molar-refractivity contribution in [1.82, 2.24) is 29.9 Å². The molecule has 3 aromatic heterocycles. The zero-order valence-electron chi connectivity index (χ0n) is 15.2. The lowest BCUT2D eigenvalue weighted by molar-refractivity contribution is -0.143. The quantitative estimate of drug-likeness (QED) is 0.570. The maximum atomic E-state index is 12.4. The van der Waals surface area contributed by atoms with Crippen LogP contribution in [-0.4, -0.2) is 54.5 Å². The fourth-order valence-electron chi connectivity index (χ4n) is 3.69. The first-order valence-corrected chi connectivity index (χ1v) is 9.00. The van der Waals surface area contributed by atoms with Gasteiger partial charge < -0.3 is 15.0 Å². The molecule has 0 spiro atoms. The Bertz CT molecular complexity index is 1200. The predicted molar refractivity (Wildman–Crippen MR) is 103 cm³/mol. The van der Waals surface area contributed by atoms with E-state index in [0.29, 0.717) is 29.9 Å². The molecule has 8 heteroatoms. The van der Waals surface area contributed by atoms with Gasteiger partial charge in [-0.05, 0) is 29.8 Å². The number of hydrogen-bond acceptors (Lipinski definition) is 5. The van der Waals surface area contributed by atoms with Gasteiger partial charge in [-0.15, -0.1) is 5.10 Å². The molecule has 4 aromatic rings. The summed E-state index contributed by atoms with van der Waals surface area (Å²) in [7, 11) is 1.70. The largest absolute Gasteiger partial charge is 0.375 e. The van der Waals surface area contributed by atoms with Crippen LogP contribution < -0.4 is 0 Å². The highest BCUT2D eigenvalue weighted by Crippen LogP contribution is 2.33. The van der Waals surface area contributed by atoms with Gasteiger partial charge in [-0.1, -0.05) is 12.1 Å². The first-order chi connectivity index (χ1) is 13.6. The highest BCUT2D eigenvalue weighted by molar-refractivity contribution is 5.92. The molecule has 4 heterocycles. The standard InChI is InChI=1S/C20H18N6O2/c1-25-9-7-20(28,19(25)27)13-4-2-5-14(10-13)26-23-12-17(24-26)16-11-22-18-15(16)6-3-8-21-18/h2-6,8,10-12,28H,7,9H2,1H3,(H,21,22). The number of carbonyl (C=O) groups is 1. The Hall–Kier alpha value is -3.52. The highest BCUT2D eigenvalue weighted by atomic mass is 16.3. The Labute approximate surface area is 160 Å². The number of likely N-dealkylation sites (N-methyl/N-ethyl adjacent to an activating group) is 1. The normalized spacial score (nSPS) is 19.6. The first-order valence-electron chi connectivity index (χ1n) is 9.00. The molecule has 1 amide bonds. The summed E-state index contributed by atoms with van der Waals surface area (Å²) < 4.78 is 0. The fourth-order valence-corrected chi connectivity index (χ4v) is 3.69. The van der Waals surface area contributed by atoms with Crippen LogP contribution in [0.2, 0.25) is 0 Å². The molecule has 1 unspecified atom stereocenters. The summed E-state index contributed by atoms with van der Waals surface area (Å²) in [5.74, 6) is -0.287. The number of hydrogen-bond donors (Lipinski definition) is 2. The Morgan fingerprint density at radius 3 is 2.96 bits per heavy atom. The Morgan fingerprint density at radius 2 is 2.14 bits per heavy atom. The van der Waals surface area contributed by atoms with Crippen molar-refractivity contribution in [3.05, 3.63) is 60.6 Å². The van der Waals surface area contributed by atoms with E-state index < -0.39 is 5.60 Å². The molecule has 0 aliphatic carbocycles. The summed E-state index contributed by atoms with van der Waals surface area (Å²) >= 11 is 0. The Balaban J connectivity index is 1.52. The molecule has 1 aromatic carbocycles. The number of H-pyrrole nitrogens is 1. The molecule has 1 fully saturated rings. The molecule has 1 aliphatic rings. The minimum atomic E-state index is -1.50. The number of aliphatic hydroxyl groups is 1. The summed E-state index contributed by atoms with van der Waals surface area (Å²) in [4.78, 5) is 22.9. The minimum absolute atomic E-state index is 0.287. The average Bonchev–Trinajstić information content (AvgIpc) is 3.43. The van der Waals surface area contributed by atoms with Gasteiger partial charge in [-0.3, -0.25) is 4.79 Å². The van der Waals surface area contributed by atoms with E-state index >= 15 is 0 Å². The number of amides is 1. The number of fused-ring (bicyclic) bond motifs is 1. The maximum absolute atomic E-state index is 12.4. The van der Waals surface area contributed by atoms with E-state index in [-0.39, 0.29) is 5.91 Å². The molecule has 5 rings (SSSR count). The molecule has 1 saturated heterocycles. The van der Waals surface area contributed by atoms with Crippen LogP contribution in [0.15, 0.2) is 55.0 Å². The number of aromatic nitrogens is 5. The summed E-state index contributed by atoms with van der Waals surface area (Å²) in [5, 5.41) is 20.8. The van der Waals surface area contributed by atoms with Crippen molar-refractivity contribution >= 4 is 16.9 Å². The van der Waals surface area contributed by atoms with Gasteiger partial charge in [-0.25, -0.2) is 4.98 Å². The Kier molecular flexibility index (Phi) is 3.56. The van der Waals surface area contributed by atoms with Crippen molar-refractivity contribution in [3.8, 4) is 16.9 Å². The molecule has 2 N–H and O–H groups in total. The smallest absolute Gasteiger partial charge is 0.258 e. The number of nitrogens with one attached hydrogen (secondary N) is 1. The van der Waals surface area contributed by atoms with Crippen LogP contribution in [0.1, 0.15) is 12.0 Å². The molecule has 1 atom stereocenters. The highest BCUT2D eigenvalue weighted by Gasteiger charge is 2.45. The molecular formula is C20H18N6O2. The summed E-state index contributed by atoms with van der Waals surface area (Å²) in [6.07, 6.45) is 5.65. The van der Waals surface area contributed by atoms with Gasteiger partial charge in [0.05, 0.1) is 11.9 Å². The zero-order valence-corrected chi connectivity index (χ0v) is 15.2. The summed E-state index contributed by atoms with van der Waals surface area (Å²) in [6, 6.07) is 11.0. The zero-order chi connectivity index (χ0) is 19.3. The molecule has 0 saturated carbocycles. The van der Waals surface area contributed by atoms with E-state index in [1.165, 1.54) is 4.80 Å². The molecule has 1 aliphatic heterocycles. The van der Waals surface area contributed by atoms with Crippen molar-refractivity contribution < 1.29 is 9.90 Å². The third-order valence-electron chi connectivity index (χ3n) is 5.28. The second-order valence-electron chi connectivity index (χ2n) is 7.01. The predicted octanol–water partition coefficient (Wildman–Crippen LogP) is 1.86.